The first kappa shape index (κ1) is 28.0. The molecule has 0 rings (SSSR count). The summed E-state index contributed by atoms with van der Waals surface area (Å²) in [5.41, 5.74) is 0.940. The molecule has 0 saturated carbocycles. The van der Waals surface area contributed by atoms with Crippen LogP contribution in [0.5, 0.6) is 0 Å². The molecule has 28 heavy (non-hydrogen) atoms. The van der Waals surface area contributed by atoms with E-state index in [1.54, 1.807) is 0 Å². The fraction of sp³-hybridized carbons (Fsp3) is 1.00. The molecule has 5 unspecified atom stereocenters. The van der Waals surface area contributed by atoms with Gasteiger partial charge >= 0.3 is 0 Å². The lowest BCUT2D eigenvalue weighted by atomic mass is 9.58. The quantitative estimate of drug-likeness (QED) is 0.228. The SMILES string of the molecule is CCCCCC(C)(CC(CC)C(C)(C)CC)C(C)C(C)C(CCC)CC(C)C. The zero-order valence-electron chi connectivity index (χ0n) is 22.0. The van der Waals surface area contributed by atoms with E-state index in [0.717, 1.165) is 29.6 Å². The maximum Gasteiger partial charge on any atom is -0.0295 e. The van der Waals surface area contributed by atoms with Crippen LogP contribution in [-0.2, 0) is 0 Å². The molecule has 0 aliphatic carbocycles. The fourth-order valence-electron chi connectivity index (χ4n) is 5.73. The Kier molecular flexibility index (Phi) is 13.3. The largest absolute Gasteiger partial charge is 0.0654 e. The van der Waals surface area contributed by atoms with Crippen LogP contribution in [0.2, 0.25) is 0 Å². The number of rotatable bonds is 16. The maximum absolute atomic E-state index is 2.66. The third-order valence-electron chi connectivity index (χ3n) is 8.64. The van der Waals surface area contributed by atoms with Crippen molar-refractivity contribution >= 4 is 0 Å². The monoisotopic (exact) mass is 394 g/mol. The molecule has 0 radical (unpaired) electrons. The van der Waals surface area contributed by atoms with Gasteiger partial charge in [0.1, 0.15) is 0 Å². The summed E-state index contributed by atoms with van der Waals surface area (Å²) in [4.78, 5) is 0. The summed E-state index contributed by atoms with van der Waals surface area (Å²) in [6.45, 7) is 27.3. The van der Waals surface area contributed by atoms with Crippen molar-refractivity contribution in [3.8, 4) is 0 Å². The third-order valence-corrected chi connectivity index (χ3v) is 8.64. The second-order valence-electron chi connectivity index (χ2n) is 11.6. The molecular formula is C28H58. The van der Waals surface area contributed by atoms with Crippen molar-refractivity contribution < 1.29 is 0 Å². The Labute approximate surface area is 181 Å². The minimum absolute atomic E-state index is 0.463. The van der Waals surface area contributed by atoms with E-state index in [2.05, 4.69) is 76.2 Å². The first-order chi connectivity index (χ1) is 13.0. The van der Waals surface area contributed by atoms with Crippen molar-refractivity contribution in [2.75, 3.05) is 0 Å². The minimum atomic E-state index is 0.463. The molecule has 5 atom stereocenters. The Morgan fingerprint density at radius 1 is 0.786 bits per heavy atom. The Balaban J connectivity index is 5.62. The van der Waals surface area contributed by atoms with Crippen LogP contribution >= 0.6 is 0 Å². The smallest absolute Gasteiger partial charge is 0.0295 e. The van der Waals surface area contributed by atoms with Crippen LogP contribution in [0.4, 0.5) is 0 Å². The summed E-state index contributed by atoms with van der Waals surface area (Å²) < 4.78 is 0. The van der Waals surface area contributed by atoms with Gasteiger partial charge in [0.25, 0.3) is 0 Å². The van der Waals surface area contributed by atoms with Crippen molar-refractivity contribution in [1.82, 2.24) is 0 Å². The highest BCUT2D eigenvalue weighted by Gasteiger charge is 2.40. The van der Waals surface area contributed by atoms with Gasteiger partial charge in [-0.2, -0.15) is 0 Å². The van der Waals surface area contributed by atoms with Crippen molar-refractivity contribution in [1.29, 1.82) is 0 Å². The molecular weight excluding hydrogens is 336 g/mol. The normalized spacial score (nSPS) is 19.3. The number of unbranched alkanes of at least 4 members (excludes halogenated alkanes) is 2. The van der Waals surface area contributed by atoms with Crippen molar-refractivity contribution in [3.05, 3.63) is 0 Å². The minimum Gasteiger partial charge on any atom is -0.0654 e. The van der Waals surface area contributed by atoms with E-state index < -0.39 is 0 Å². The van der Waals surface area contributed by atoms with Crippen LogP contribution in [0, 0.1) is 40.4 Å². The molecule has 0 spiro atoms. The summed E-state index contributed by atoms with van der Waals surface area (Å²) in [5.74, 6) is 4.19. The Morgan fingerprint density at radius 3 is 1.82 bits per heavy atom. The second-order valence-corrected chi connectivity index (χ2v) is 11.6. The van der Waals surface area contributed by atoms with E-state index in [4.69, 9.17) is 0 Å². The van der Waals surface area contributed by atoms with Crippen LogP contribution in [0.3, 0.4) is 0 Å². The van der Waals surface area contributed by atoms with Gasteiger partial charge in [-0.3, -0.25) is 0 Å². The van der Waals surface area contributed by atoms with E-state index in [1.165, 1.54) is 64.2 Å². The first-order valence-electron chi connectivity index (χ1n) is 13.0. The average Bonchev–Trinajstić information content (AvgIpc) is 2.64. The van der Waals surface area contributed by atoms with Gasteiger partial charge in [-0.15, -0.1) is 0 Å². The molecule has 0 amide bonds. The van der Waals surface area contributed by atoms with Crippen molar-refractivity contribution in [2.45, 2.75) is 140 Å². The van der Waals surface area contributed by atoms with Crippen LogP contribution in [0.1, 0.15) is 140 Å². The zero-order chi connectivity index (χ0) is 22.0. The second kappa shape index (κ2) is 13.3. The van der Waals surface area contributed by atoms with Gasteiger partial charge in [-0.05, 0) is 59.7 Å². The highest BCUT2D eigenvalue weighted by Crippen LogP contribution is 2.50. The van der Waals surface area contributed by atoms with Crippen LogP contribution in [0.25, 0.3) is 0 Å². The summed E-state index contributed by atoms with van der Waals surface area (Å²) in [6.07, 6.45) is 13.8. The molecule has 0 heterocycles. The molecule has 170 valence electrons. The van der Waals surface area contributed by atoms with Crippen LogP contribution in [-0.4, -0.2) is 0 Å². The van der Waals surface area contributed by atoms with E-state index in [-0.39, 0.29) is 0 Å². The summed E-state index contributed by atoms with van der Waals surface area (Å²) in [6, 6.07) is 0. The summed E-state index contributed by atoms with van der Waals surface area (Å²) in [5, 5.41) is 0. The average molecular weight is 395 g/mol. The van der Waals surface area contributed by atoms with Gasteiger partial charge in [-0.25, -0.2) is 0 Å². The molecule has 0 aliphatic heterocycles. The Bertz CT molecular complexity index is 379. The van der Waals surface area contributed by atoms with Gasteiger partial charge in [0, 0.05) is 0 Å². The lowest BCUT2D eigenvalue weighted by Crippen LogP contribution is -2.38. The Morgan fingerprint density at radius 2 is 1.39 bits per heavy atom. The highest BCUT2D eigenvalue weighted by atomic mass is 14.5. The molecule has 0 aromatic rings. The summed E-state index contributed by atoms with van der Waals surface area (Å²) >= 11 is 0. The summed E-state index contributed by atoms with van der Waals surface area (Å²) in [7, 11) is 0. The van der Waals surface area contributed by atoms with Gasteiger partial charge in [0.15, 0.2) is 0 Å². The predicted octanol–water partition coefficient (Wildman–Crippen LogP) is 10.2. The molecule has 0 bridgehead atoms. The van der Waals surface area contributed by atoms with Crippen molar-refractivity contribution in [3.63, 3.8) is 0 Å². The molecule has 0 nitrogen and oxygen atoms in total. The van der Waals surface area contributed by atoms with Gasteiger partial charge in [0.2, 0.25) is 0 Å². The van der Waals surface area contributed by atoms with E-state index >= 15 is 0 Å². The molecule has 0 aromatic heterocycles. The third kappa shape index (κ3) is 8.79. The standard InChI is InChI=1S/C28H58/c1-12-16-17-19-28(11,21-26(14-3)27(9,10)15-4)24(8)23(7)25(18-13-2)20-22(5)6/h22-26H,12-21H2,1-11H3. The molecule has 0 aromatic carbocycles. The van der Waals surface area contributed by atoms with Gasteiger partial charge in [-0.1, -0.05) is 121 Å². The van der Waals surface area contributed by atoms with Gasteiger partial charge < -0.3 is 0 Å². The van der Waals surface area contributed by atoms with Crippen LogP contribution < -0.4 is 0 Å². The fourth-order valence-corrected chi connectivity index (χ4v) is 5.73. The topological polar surface area (TPSA) is 0 Å². The molecule has 0 saturated heterocycles. The maximum atomic E-state index is 2.66. The lowest BCUT2D eigenvalue weighted by molar-refractivity contribution is 0.0295. The highest BCUT2D eigenvalue weighted by molar-refractivity contribution is 4.90. The zero-order valence-corrected chi connectivity index (χ0v) is 22.0. The van der Waals surface area contributed by atoms with Gasteiger partial charge in [0.05, 0.1) is 0 Å². The van der Waals surface area contributed by atoms with E-state index in [1.807, 2.05) is 0 Å². The molecule has 0 N–H and O–H groups in total. The predicted molar refractivity (Wildman–Crippen MR) is 131 cm³/mol. The molecule has 0 fully saturated rings. The molecule has 0 aliphatic rings. The van der Waals surface area contributed by atoms with Crippen molar-refractivity contribution in [2.24, 2.45) is 40.4 Å². The van der Waals surface area contributed by atoms with Crippen LogP contribution in [0.15, 0.2) is 0 Å². The lowest BCUT2D eigenvalue weighted by Gasteiger charge is -2.47. The Hall–Kier alpha value is 0. The van der Waals surface area contributed by atoms with E-state index in [9.17, 15) is 0 Å². The number of hydrogen-bond acceptors (Lipinski definition) is 0. The molecule has 0 heteroatoms. The van der Waals surface area contributed by atoms with E-state index in [0.29, 0.717) is 10.8 Å². The first-order valence-corrected chi connectivity index (χ1v) is 13.0. The number of hydrogen-bond donors (Lipinski definition) is 0.